The number of aromatic nitrogens is 3. The van der Waals surface area contributed by atoms with Gasteiger partial charge in [-0.3, -0.25) is 4.79 Å². The van der Waals surface area contributed by atoms with Crippen LogP contribution in [0.1, 0.15) is 10.4 Å². The Labute approximate surface area is 197 Å². The molecule has 0 bridgehead atoms. The number of nitrogens with zero attached hydrogens (tertiary/aromatic N) is 5. The van der Waals surface area contributed by atoms with E-state index in [1.165, 1.54) is 6.20 Å². The van der Waals surface area contributed by atoms with Crippen LogP contribution in [0, 0.1) is 0 Å². The van der Waals surface area contributed by atoms with Gasteiger partial charge in [-0.05, 0) is 42.5 Å². The monoisotopic (exact) mass is 455 g/mol. The third kappa shape index (κ3) is 4.40. The zero-order chi connectivity index (χ0) is 23.5. The second kappa shape index (κ2) is 9.22. The molecule has 3 N–H and O–H groups in total. The van der Waals surface area contributed by atoms with E-state index in [9.17, 15) is 4.79 Å². The summed E-state index contributed by atoms with van der Waals surface area (Å²) in [6.07, 6.45) is 1.48. The number of amides is 1. The van der Waals surface area contributed by atoms with Crippen LogP contribution in [-0.4, -0.2) is 54.1 Å². The first-order valence-electron chi connectivity index (χ1n) is 11.0. The molecule has 0 atom stereocenters. The van der Waals surface area contributed by atoms with Crippen molar-refractivity contribution >= 4 is 40.1 Å². The number of anilines is 4. The van der Waals surface area contributed by atoms with Gasteiger partial charge in [0, 0.05) is 43.4 Å². The van der Waals surface area contributed by atoms with E-state index in [0.29, 0.717) is 17.4 Å². The first-order chi connectivity index (χ1) is 16.6. The molecule has 9 nitrogen and oxygen atoms in total. The van der Waals surface area contributed by atoms with Crippen LogP contribution in [0.25, 0.3) is 10.9 Å². The topological polar surface area (TPSA) is 110 Å². The number of methoxy groups -OCH3 is 1. The van der Waals surface area contributed by atoms with Crippen molar-refractivity contribution in [2.45, 2.75) is 0 Å². The van der Waals surface area contributed by atoms with Gasteiger partial charge in [-0.2, -0.15) is 4.98 Å². The Bertz CT molecular complexity index is 1320. The summed E-state index contributed by atoms with van der Waals surface area (Å²) < 4.78 is 5.13. The molecule has 4 aromatic rings. The highest BCUT2D eigenvalue weighted by atomic mass is 16.5. The maximum Gasteiger partial charge on any atom is 0.260 e. The van der Waals surface area contributed by atoms with E-state index < -0.39 is 0 Å². The lowest BCUT2D eigenvalue weighted by molar-refractivity contribution is 0.102. The number of carbonyl (C=O) groups excluding carboxylic acids is 1. The molecule has 1 fully saturated rings. The minimum atomic E-state index is -0.360. The van der Waals surface area contributed by atoms with Crippen molar-refractivity contribution in [1.82, 2.24) is 15.0 Å². The van der Waals surface area contributed by atoms with Gasteiger partial charge in [0.1, 0.15) is 22.9 Å². The van der Waals surface area contributed by atoms with Gasteiger partial charge in [0.2, 0.25) is 5.95 Å². The highest BCUT2D eigenvalue weighted by Gasteiger charge is 2.22. The maximum atomic E-state index is 12.6. The SMILES string of the molecule is COc1ccc(NC(=O)c2cnc(N3CCN(c4ccc5ccccc5n4)CC3)nc2N)cc1. The molecule has 5 rings (SSSR count). The fourth-order valence-electron chi connectivity index (χ4n) is 3.95. The number of ether oxygens (including phenoxy) is 1. The molecule has 1 aliphatic heterocycles. The van der Waals surface area contributed by atoms with Gasteiger partial charge in [0.25, 0.3) is 5.91 Å². The molecular formula is C25H25N7O2. The van der Waals surface area contributed by atoms with Crippen molar-refractivity contribution in [3.8, 4) is 5.75 Å². The lowest BCUT2D eigenvalue weighted by Gasteiger charge is -2.35. The maximum absolute atomic E-state index is 12.6. The van der Waals surface area contributed by atoms with E-state index in [4.69, 9.17) is 15.5 Å². The highest BCUT2D eigenvalue weighted by Crippen LogP contribution is 2.22. The predicted octanol–water partition coefficient (Wildman–Crippen LogP) is 3.19. The summed E-state index contributed by atoms with van der Waals surface area (Å²) in [6.45, 7) is 3.03. The van der Waals surface area contributed by atoms with Crippen molar-refractivity contribution in [3.63, 3.8) is 0 Å². The number of hydrogen-bond acceptors (Lipinski definition) is 8. The Morgan fingerprint density at radius 1 is 0.941 bits per heavy atom. The predicted molar refractivity (Wildman–Crippen MR) is 134 cm³/mol. The summed E-state index contributed by atoms with van der Waals surface area (Å²) in [5.41, 5.74) is 7.98. The standard InChI is InChI=1S/C25H25N7O2/c1-34-19-9-7-18(8-10-19)28-24(33)20-16-27-25(30-23(20)26)32-14-12-31(13-15-32)22-11-6-17-4-2-3-5-21(17)29-22/h2-11,16H,12-15H2,1H3,(H,28,33)(H2,26,27,30). The molecule has 3 heterocycles. The van der Waals surface area contributed by atoms with Crippen molar-refractivity contribution in [3.05, 3.63) is 72.4 Å². The van der Waals surface area contributed by atoms with Gasteiger partial charge in [0.15, 0.2) is 0 Å². The summed E-state index contributed by atoms with van der Waals surface area (Å²) >= 11 is 0. The van der Waals surface area contributed by atoms with E-state index in [1.807, 2.05) is 18.2 Å². The van der Waals surface area contributed by atoms with Crippen LogP contribution < -0.4 is 25.6 Å². The van der Waals surface area contributed by atoms with Crippen molar-refractivity contribution in [2.75, 3.05) is 54.1 Å². The molecule has 2 aromatic heterocycles. The van der Waals surface area contributed by atoms with E-state index >= 15 is 0 Å². The number of carbonyl (C=O) groups is 1. The minimum Gasteiger partial charge on any atom is -0.497 e. The summed E-state index contributed by atoms with van der Waals surface area (Å²) in [5.74, 6) is 1.98. The largest absolute Gasteiger partial charge is 0.497 e. The molecule has 9 heteroatoms. The van der Waals surface area contributed by atoms with Crippen LogP contribution in [0.3, 0.4) is 0 Å². The first kappa shape index (κ1) is 21.4. The first-order valence-corrected chi connectivity index (χ1v) is 11.0. The number of nitrogens with two attached hydrogens (primary N) is 1. The Morgan fingerprint density at radius 2 is 1.68 bits per heavy atom. The number of para-hydroxylation sites is 1. The summed E-state index contributed by atoms with van der Waals surface area (Å²) in [5, 5.41) is 3.93. The minimum absolute atomic E-state index is 0.148. The summed E-state index contributed by atoms with van der Waals surface area (Å²) in [6, 6.07) is 19.3. The van der Waals surface area contributed by atoms with Gasteiger partial charge in [-0.25, -0.2) is 9.97 Å². The number of pyridine rings is 1. The van der Waals surface area contributed by atoms with Crippen LogP contribution in [0.15, 0.2) is 66.9 Å². The van der Waals surface area contributed by atoms with Gasteiger partial charge < -0.3 is 25.6 Å². The third-order valence-corrected chi connectivity index (χ3v) is 5.87. The number of rotatable bonds is 5. The van der Waals surface area contributed by atoms with Gasteiger partial charge in [-0.1, -0.05) is 18.2 Å². The number of fused-ring (bicyclic) bond motifs is 1. The van der Waals surface area contributed by atoms with Crippen molar-refractivity contribution in [1.29, 1.82) is 0 Å². The number of benzene rings is 2. The molecular weight excluding hydrogens is 430 g/mol. The average molecular weight is 456 g/mol. The molecule has 172 valence electrons. The highest BCUT2D eigenvalue weighted by molar-refractivity contribution is 6.07. The van der Waals surface area contributed by atoms with E-state index in [2.05, 4.69) is 43.3 Å². The molecule has 0 unspecified atom stereocenters. The van der Waals surface area contributed by atoms with Crippen LogP contribution >= 0.6 is 0 Å². The van der Waals surface area contributed by atoms with Crippen molar-refractivity contribution in [2.24, 2.45) is 0 Å². The molecule has 1 saturated heterocycles. The van der Waals surface area contributed by atoms with Crippen LogP contribution in [0.2, 0.25) is 0 Å². The zero-order valence-corrected chi connectivity index (χ0v) is 18.8. The van der Waals surface area contributed by atoms with Gasteiger partial charge in [0.05, 0.1) is 12.6 Å². The molecule has 0 saturated carbocycles. The van der Waals surface area contributed by atoms with Crippen LogP contribution in [0.5, 0.6) is 5.75 Å². The van der Waals surface area contributed by atoms with Crippen LogP contribution in [-0.2, 0) is 0 Å². The number of hydrogen-bond donors (Lipinski definition) is 2. The molecule has 0 spiro atoms. The zero-order valence-electron chi connectivity index (χ0n) is 18.8. The number of nitrogen functional groups attached to an aromatic ring is 1. The van der Waals surface area contributed by atoms with E-state index in [0.717, 1.165) is 42.9 Å². The molecule has 0 radical (unpaired) electrons. The molecule has 2 aromatic carbocycles. The lowest BCUT2D eigenvalue weighted by atomic mass is 10.2. The Morgan fingerprint density at radius 3 is 2.41 bits per heavy atom. The molecule has 1 amide bonds. The normalized spacial score (nSPS) is 13.7. The van der Waals surface area contributed by atoms with Gasteiger partial charge in [-0.15, -0.1) is 0 Å². The quantitative estimate of drug-likeness (QED) is 0.472. The van der Waals surface area contributed by atoms with Crippen molar-refractivity contribution < 1.29 is 9.53 Å². The Kier molecular flexibility index (Phi) is 5.82. The summed E-state index contributed by atoms with van der Waals surface area (Å²) in [4.78, 5) is 30.6. The van der Waals surface area contributed by atoms with E-state index in [1.54, 1.807) is 31.4 Å². The fraction of sp³-hybridized carbons (Fsp3) is 0.200. The third-order valence-electron chi connectivity index (χ3n) is 5.87. The second-order valence-electron chi connectivity index (χ2n) is 7.99. The number of nitrogens with one attached hydrogen (secondary N) is 1. The Balaban J connectivity index is 1.23. The lowest BCUT2D eigenvalue weighted by Crippen LogP contribution is -2.47. The van der Waals surface area contributed by atoms with Crippen LogP contribution in [0.4, 0.5) is 23.3 Å². The molecule has 0 aliphatic carbocycles. The summed E-state index contributed by atoms with van der Waals surface area (Å²) in [7, 11) is 1.59. The van der Waals surface area contributed by atoms with E-state index in [-0.39, 0.29) is 17.3 Å². The smallest absolute Gasteiger partial charge is 0.260 e. The average Bonchev–Trinajstić information content (AvgIpc) is 2.89. The fourth-order valence-corrected chi connectivity index (χ4v) is 3.95. The van der Waals surface area contributed by atoms with Gasteiger partial charge >= 0.3 is 0 Å². The molecule has 34 heavy (non-hydrogen) atoms. The second-order valence-corrected chi connectivity index (χ2v) is 7.99. The molecule has 1 aliphatic rings. The Hall–Kier alpha value is -4.40. The number of piperazine rings is 1.